The van der Waals surface area contributed by atoms with Gasteiger partial charge >= 0.3 is 0 Å². The van der Waals surface area contributed by atoms with Crippen LogP contribution in [-0.2, 0) is 13.6 Å². The number of piperidine rings is 1. The molecule has 0 spiro atoms. The molecule has 0 saturated carbocycles. The minimum absolute atomic E-state index is 0. The number of nitrogens with one attached hydrogen (secondary N) is 1. The molecule has 18 heavy (non-hydrogen) atoms. The standard InChI is InChI=1S/C12H21BrN4.ClH/c1-9-12(13)11(17(3)15-9)8-16(2)10-4-6-14-7-5-10;/h10,14H,4-8H2,1-3H3;1H. The quantitative estimate of drug-likeness (QED) is 0.917. The minimum atomic E-state index is 0. The first-order valence-corrected chi connectivity index (χ1v) is 6.98. The SMILES string of the molecule is Cc1nn(C)c(CN(C)C2CCNCC2)c1Br.Cl. The van der Waals surface area contributed by atoms with Gasteiger partial charge in [-0.2, -0.15) is 5.10 Å². The Balaban J connectivity index is 0.00000162. The highest BCUT2D eigenvalue weighted by Gasteiger charge is 2.20. The Bertz CT molecular complexity index is 388. The average Bonchev–Trinajstić information content (AvgIpc) is 2.57. The zero-order valence-corrected chi connectivity index (χ0v) is 13.6. The lowest BCUT2D eigenvalue weighted by atomic mass is 10.1. The lowest BCUT2D eigenvalue weighted by Crippen LogP contribution is -2.41. The highest BCUT2D eigenvalue weighted by atomic mass is 79.9. The van der Waals surface area contributed by atoms with Crippen molar-refractivity contribution in [1.82, 2.24) is 20.0 Å². The monoisotopic (exact) mass is 336 g/mol. The van der Waals surface area contributed by atoms with Crippen molar-refractivity contribution in [1.29, 1.82) is 0 Å². The average molecular weight is 338 g/mol. The maximum atomic E-state index is 4.44. The van der Waals surface area contributed by atoms with Crippen LogP contribution in [-0.4, -0.2) is 40.9 Å². The second-order valence-electron chi connectivity index (χ2n) is 4.87. The van der Waals surface area contributed by atoms with E-state index in [9.17, 15) is 0 Å². The van der Waals surface area contributed by atoms with Crippen LogP contribution >= 0.6 is 28.3 Å². The Morgan fingerprint density at radius 1 is 1.44 bits per heavy atom. The van der Waals surface area contributed by atoms with E-state index in [2.05, 4.69) is 38.3 Å². The van der Waals surface area contributed by atoms with Crippen LogP contribution in [0.5, 0.6) is 0 Å². The molecule has 0 atom stereocenters. The molecule has 1 aromatic rings. The Morgan fingerprint density at radius 2 is 2.06 bits per heavy atom. The molecule has 0 amide bonds. The molecule has 6 heteroatoms. The van der Waals surface area contributed by atoms with Crippen molar-refractivity contribution in [3.05, 3.63) is 15.9 Å². The smallest absolute Gasteiger partial charge is 0.0739 e. The summed E-state index contributed by atoms with van der Waals surface area (Å²) >= 11 is 3.63. The van der Waals surface area contributed by atoms with Gasteiger partial charge in [0.25, 0.3) is 0 Å². The van der Waals surface area contributed by atoms with Crippen LogP contribution in [0.2, 0.25) is 0 Å². The maximum Gasteiger partial charge on any atom is 0.0739 e. The van der Waals surface area contributed by atoms with Crippen molar-refractivity contribution in [3.8, 4) is 0 Å². The zero-order chi connectivity index (χ0) is 12.4. The van der Waals surface area contributed by atoms with Gasteiger partial charge in [0.15, 0.2) is 0 Å². The summed E-state index contributed by atoms with van der Waals surface area (Å²) in [6, 6.07) is 0.693. The molecular weight excluding hydrogens is 316 g/mol. The predicted molar refractivity (Wildman–Crippen MR) is 80.3 cm³/mol. The van der Waals surface area contributed by atoms with Crippen LogP contribution in [0.4, 0.5) is 0 Å². The molecule has 0 aliphatic carbocycles. The Hall–Kier alpha value is -0.100. The second-order valence-corrected chi connectivity index (χ2v) is 5.66. The van der Waals surface area contributed by atoms with Gasteiger partial charge in [0.05, 0.1) is 15.9 Å². The second kappa shape index (κ2) is 6.89. The van der Waals surface area contributed by atoms with Gasteiger partial charge in [-0.3, -0.25) is 9.58 Å². The van der Waals surface area contributed by atoms with Crippen molar-refractivity contribution in [2.45, 2.75) is 32.4 Å². The van der Waals surface area contributed by atoms with Gasteiger partial charge < -0.3 is 5.32 Å². The number of aryl methyl sites for hydroxylation is 2. The number of hydrogen-bond acceptors (Lipinski definition) is 3. The van der Waals surface area contributed by atoms with E-state index in [0.717, 1.165) is 29.8 Å². The van der Waals surface area contributed by atoms with E-state index in [1.54, 1.807) is 0 Å². The van der Waals surface area contributed by atoms with E-state index >= 15 is 0 Å². The summed E-state index contributed by atoms with van der Waals surface area (Å²) in [6.07, 6.45) is 2.48. The van der Waals surface area contributed by atoms with Gasteiger partial charge in [0, 0.05) is 19.6 Å². The first kappa shape index (κ1) is 16.0. The summed E-state index contributed by atoms with van der Waals surface area (Å²) in [7, 11) is 4.23. The molecule has 2 heterocycles. The fourth-order valence-electron chi connectivity index (χ4n) is 2.46. The normalized spacial score (nSPS) is 16.9. The van der Waals surface area contributed by atoms with Crippen molar-refractivity contribution < 1.29 is 0 Å². The predicted octanol–water partition coefficient (Wildman–Crippen LogP) is 2.10. The first-order chi connectivity index (χ1) is 8.09. The van der Waals surface area contributed by atoms with Crippen LogP contribution < -0.4 is 5.32 Å². The van der Waals surface area contributed by atoms with Gasteiger partial charge in [-0.15, -0.1) is 12.4 Å². The summed E-state index contributed by atoms with van der Waals surface area (Å²) < 4.78 is 3.14. The topological polar surface area (TPSA) is 33.1 Å². The van der Waals surface area contributed by atoms with E-state index in [1.165, 1.54) is 18.5 Å². The van der Waals surface area contributed by atoms with E-state index < -0.39 is 0 Å². The molecular formula is C12H22BrClN4. The van der Waals surface area contributed by atoms with Crippen LogP contribution in [0.15, 0.2) is 4.47 Å². The molecule has 0 bridgehead atoms. The third kappa shape index (κ3) is 3.47. The molecule has 104 valence electrons. The molecule has 1 aromatic heterocycles. The first-order valence-electron chi connectivity index (χ1n) is 6.18. The molecule has 1 fully saturated rings. The fraction of sp³-hybridized carbons (Fsp3) is 0.750. The summed E-state index contributed by atoms with van der Waals surface area (Å²) in [5.41, 5.74) is 2.34. The maximum absolute atomic E-state index is 4.44. The highest BCUT2D eigenvalue weighted by Crippen LogP contribution is 2.23. The molecule has 0 unspecified atom stereocenters. The molecule has 1 saturated heterocycles. The molecule has 1 aliphatic rings. The zero-order valence-electron chi connectivity index (χ0n) is 11.2. The molecule has 1 N–H and O–H groups in total. The molecule has 2 rings (SSSR count). The highest BCUT2D eigenvalue weighted by molar-refractivity contribution is 9.10. The summed E-state index contributed by atoms with van der Waals surface area (Å²) in [6.45, 7) is 5.28. The lowest BCUT2D eigenvalue weighted by molar-refractivity contribution is 0.187. The van der Waals surface area contributed by atoms with E-state index in [-0.39, 0.29) is 12.4 Å². The van der Waals surface area contributed by atoms with Gasteiger partial charge in [-0.25, -0.2) is 0 Å². The van der Waals surface area contributed by atoms with Crippen molar-refractivity contribution >= 4 is 28.3 Å². The van der Waals surface area contributed by atoms with Crippen LogP contribution in [0, 0.1) is 6.92 Å². The van der Waals surface area contributed by atoms with E-state index in [0.29, 0.717) is 6.04 Å². The third-order valence-corrected chi connectivity index (χ3v) is 4.62. The van der Waals surface area contributed by atoms with Gasteiger partial charge in [0.1, 0.15) is 0 Å². The molecule has 4 nitrogen and oxygen atoms in total. The number of nitrogens with zero attached hydrogens (tertiary/aromatic N) is 3. The molecule has 0 aromatic carbocycles. The van der Waals surface area contributed by atoms with Crippen molar-refractivity contribution in [2.24, 2.45) is 7.05 Å². The van der Waals surface area contributed by atoms with Crippen molar-refractivity contribution in [2.75, 3.05) is 20.1 Å². The molecule has 1 aliphatic heterocycles. The van der Waals surface area contributed by atoms with Crippen LogP contribution in [0.1, 0.15) is 24.2 Å². The minimum Gasteiger partial charge on any atom is -0.317 e. The van der Waals surface area contributed by atoms with Crippen LogP contribution in [0.3, 0.4) is 0 Å². The number of halogens is 2. The lowest BCUT2D eigenvalue weighted by Gasteiger charge is -2.31. The Labute approximate surface area is 124 Å². The largest absolute Gasteiger partial charge is 0.317 e. The van der Waals surface area contributed by atoms with Crippen molar-refractivity contribution in [3.63, 3.8) is 0 Å². The van der Waals surface area contributed by atoms with Gasteiger partial charge in [-0.05, 0) is 55.8 Å². The third-order valence-electron chi connectivity index (χ3n) is 3.59. The Morgan fingerprint density at radius 3 is 2.56 bits per heavy atom. The van der Waals surface area contributed by atoms with Gasteiger partial charge in [0.2, 0.25) is 0 Å². The summed E-state index contributed by atoms with van der Waals surface area (Å²) in [4.78, 5) is 2.45. The summed E-state index contributed by atoms with van der Waals surface area (Å²) in [5, 5.41) is 7.85. The summed E-state index contributed by atoms with van der Waals surface area (Å²) in [5.74, 6) is 0. The number of rotatable bonds is 3. The fourth-order valence-corrected chi connectivity index (χ4v) is 2.93. The van der Waals surface area contributed by atoms with E-state index in [4.69, 9.17) is 0 Å². The van der Waals surface area contributed by atoms with Crippen LogP contribution in [0.25, 0.3) is 0 Å². The molecule has 0 radical (unpaired) electrons. The number of aromatic nitrogens is 2. The number of hydrogen-bond donors (Lipinski definition) is 1. The van der Waals surface area contributed by atoms with E-state index in [1.807, 2.05) is 18.7 Å². The van der Waals surface area contributed by atoms with Gasteiger partial charge in [-0.1, -0.05) is 0 Å². The Kier molecular flexibility index (Phi) is 6.11.